The summed E-state index contributed by atoms with van der Waals surface area (Å²) in [5, 5.41) is 2.46. The number of likely N-dealkylation sites (N-methyl/N-ethyl adjacent to an activating group) is 1. The van der Waals surface area contributed by atoms with Crippen molar-refractivity contribution in [2.75, 3.05) is 7.05 Å². The van der Waals surface area contributed by atoms with Crippen molar-refractivity contribution in [2.45, 2.75) is 20.0 Å². The molecule has 0 fully saturated rings. The van der Waals surface area contributed by atoms with Crippen LogP contribution in [0.2, 0.25) is 0 Å². The van der Waals surface area contributed by atoms with Crippen LogP contribution in [-0.2, 0) is 4.79 Å². The number of ether oxygens (including phenoxy) is 1. The van der Waals surface area contributed by atoms with Crippen molar-refractivity contribution in [1.29, 1.82) is 0 Å². The normalized spacial score (nSPS) is 12.0. The molecular weight excluding hydrogens is 197 g/mol. The first kappa shape index (κ1) is 11.5. The standard InChI is InChI=1S/C11H14FNO2/c1-7-4-5-9(12)6-10(7)15-8(2)11(14)13-3/h4-6,8H,1-3H3,(H,13,14). The smallest absolute Gasteiger partial charge is 0.260 e. The second kappa shape index (κ2) is 4.77. The summed E-state index contributed by atoms with van der Waals surface area (Å²) >= 11 is 0. The van der Waals surface area contributed by atoms with Crippen molar-refractivity contribution in [2.24, 2.45) is 0 Å². The van der Waals surface area contributed by atoms with Gasteiger partial charge < -0.3 is 10.1 Å². The maximum absolute atomic E-state index is 12.9. The molecule has 0 aliphatic carbocycles. The molecule has 1 aromatic carbocycles. The Morgan fingerprint density at radius 1 is 1.53 bits per heavy atom. The number of rotatable bonds is 3. The summed E-state index contributed by atoms with van der Waals surface area (Å²) in [5.41, 5.74) is 0.798. The summed E-state index contributed by atoms with van der Waals surface area (Å²) < 4.78 is 18.2. The highest BCUT2D eigenvalue weighted by Crippen LogP contribution is 2.19. The molecule has 0 heterocycles. The molecule has 0 radical (unpaired) electrons. The Bertz CT molecular complexity index is 366. The third-order valence-electron chi connectivity index (χ3n) is 2.07. The molecule has 0 saturated carbocycles. The number of hydrogen-bond donors (Lipinski definition) is 1. The summed E-state index contributed by atoms with van der Waals surface area (Å²) in [6.45, 7) is 3.41. The lowest BCUT2D eigenvalue weighted by molar-refractivity contribution is -0.126. The quantitative estimate of drug-likeness (QED) is 0.825. The average Bonchev–Trinajstić information content (AvgIpc) is 2.22. The molecule has 15 heavy (non-hydrogen) atoms. The summed E-state index contributed by atoms with van der Waals surface area (Å²) in [6.07, 6.45) is -0.629. The fraction of sp³-hybridized carbons (Fsp3) is 0.364. The molecule has 3 nitrogen and oxygen atoms in total. The molecule has 1 rings (SSSR count). The van der Waals surface area contributed by atoms with E-state index in [2.05, 4.69) is 5.32 Å². The molecule has 1 aromatic rings. The zero-order valence-corrected chi connectivity index (χ0v) is 9.00. The summed E-state index contributed by atoms with van der Waals surface area (Å²) in [7, 11) is 1.53. The van der Waals surface area contributed by atoms with E-state index in [0.29, 0.717) is 5.75 Å². The van der Waals surface area contributed by atoms with E-state index in [9.17, 15) is 9.18 Å². The monoisotopic (exact) mass is 211 g/mol. The van der Waals surface area contributed by atoms with Gasteiger partial charge >= 0.3 is 0 Å². The Morgan fingerprint density at radius 2 is 2.20 bits per heavy atom. The molecule has 1 atom stereocenters. The van der Waals surface area contributed by atoms with Crippen LogP contribution < -0.4 is 10.1 Å². The molecule has 82 valence electrons. The minimum Gasteiger partial charge on any atom is -0.481 e. The minimum absolute atomic E-state index is 0.237. The Kier molecular flexibility index (Phi) is 3.66. The van der Waals surface area contributed by atoms with Crippen LogP contribution in [0.1, 0.15) is 12.5 Å². The van der Waals surface area contributed by atoms with E-state index in [1.54, 1.807) is 19.9 Å². The Labute approximate surface area is 88.2 Å². The predicted molar refractivity (Wildman–Crippen MR) is 55.3 cm³/mol. The van der Waals surface area contributed by atoms with E-state index in [-0.39, 0.29) is 11.7 Å². The third-order valence-corrected chi connectivity index (χ3v) is 2.07. The van der Waals surface area contributed by atoms with Crippen molar-refractivity contribution in [3.8, 4) is 5.75 Å². The highest BCUT2D eigenvalue weighted by Gasteiger charge is 2.13. The van der Waals surface area contributed by atoms with Crippen LogP contribution in [0.4, 0.5) is 4.39 Å². The Hall–Kier alpha value is -1.58. The highest BCUT2D eigenvalue weighted by atomic mass is 19.1. The average molecular weight is 211 g/mol. The van der Waals surface area contributed by atoms with Gasteiger partial charge in [0, 0.05) is 13.1 Å². The van der Waals surface area contributed by atoms with Gasteiger partial charge in [0.1, 0.15) is 11.6 Å². The van der Waals surface area contributed by atoms with Gasteiger partial charge in [0.15, 0.2) is 6.10 Å². The van der Waals surface area contributed by atoms with Crippen LogP contribution >= 0.6 is 0 Å². The van der Waals surface area contributed by atoms with E-state index in [1.165, 1.54) is 19.2 Å². The number of carbonyl (C=O) groups excluding carboxylic acids is 1. The summed E-state index contributed by atoms with van der Waals surface area (Å²) in [4.78, 5) is 11.2. The maximum atomic E-state index is 12.9. The molecule has 1 N–H and O–H groups in total. The van der Waals surface area contributed by atoms with E-state index >= 15 is 0 Å². The summed E-state index contributed by atoms with van der Waals surface area (Å²) in [6, 6.07) is 4.24. The predicted octanol–water partition coefficient (Wildman–Crippen LogP) is 1.65. The Morgan fingerprint density at radius 3 is 2.80 bits per heavy atom. The number of halogens is 1. The molecule has 0 aromatic heterocycles. The summed E-state index contributed by atoms with van der Waals surface area (Å²) in [5.74, 6) is -0.218. The first-order valence-electron chi connectivity index (χ1n) is 4.69. The molecule has 4 heteroatoms. The molecular formula is C11H14FNO2. The van der Waals surface area contributed by atoms with Gasteiger partial charge in [-0.2, -0.15) is 0 Å². The van der Waals surface area contributed by atoms with E-state index < -0.39 is 6.10 Å². The molecule has 0 aliphatic rings. The minimum atomic E-state index is -0.629. The van der Waals surface area contributed by atoms with E-state index in [1.807, 2.05) is 0 Å². The van der Waals surface area contributed by atoms with Crippen molar-refractivity contribution >= 4 is 5.91 Å². The second-order valence-electron chi connectivity index (χ2n) is 3.28. The van der Waals surface area contributed by atoms with Crippen LogP contribution in [0.25, 0.3) is 0 Å². The lowest BCUT2D eigenvalue weighted by Gasteiger charge is -2.14. The van der Waals surface area contributed by atoms with Gasteiger partial charge in [-0.1, -0.05) is 6.07 Å². The van der Waals surface area contributed by atoms with Crippen LogP contribution in [0.15, 0.2) is 18.2 Å². The zero-order chi connectivity index (χ0) is 11.4. The first-order chi connectivity index (χ1) is 7.04. The maximum Gasteiger partial charge on any atom is 0.260 e. The molecule has 0 aliphatic heterocycles. The number of benzene rings is 1. The van der Waals surface area contributed by atoms with Crippen molar-refractivity contribution < 1.29 is 13.9 Å². The van der Waals surface area contributed by atoms with Crippen LogP contribution in [0.3, 0.4) is 0 Å². The van der Waals surface area contributed by atoms with Gasteiger partial charge in [-0.25, -0.2) is 4.39 Å². The van der Waals surface area contributed by atoms with Gasteiger partial charge in [-0.05, 0) is 25.5 Å². The highest BCUT2D eigenvalue weighted by molar-refractivity contribution is 5.80. The number of aryl methyl sites for hydroxylation is 1. The largest absolute Gasteiger partial charge is 0.481 e. The third kappa shape index (κ3) is 2.94. The van der Waals surface area contributed by atoms with Gasteiger partial charge in [0.25, 0.3) is 5.91 Å². The molecule has 0 bridgehead atoms. The van der Waals surface area contributed by atoms with Gasteiger partial charge in [-0.3, -0.25) is 4.79 Å². The first-order valence-corrected chi connectivity index (χ1v) is 4.69. The number of hydrogen-bond acceptors (Lipinski definition) is 2. The van der Waals surface area contributed by atoms with Crippen LogP contribution in [0.5, 0.6) is 5.75 Å². The van der Waals surface area contributed by atoms with Crippen LogP contribution in [-0.4, -0.2) is 19.1 Å². The molecule has 0 saturated heterocycles. The fourth-order valence-electron chi connectivity index (χ4n) is 1.15. The second-order valence-corrected chi connectivity index (χ2v) is 3.28. The number of carbonyl (C=O) groups is 1. The Balaban J connectivity index is 2.80. The fourth-order valence-corrected chi connectivity index (χ4v) is 1.15. The molecule has 1 unspecified atom stereocenters. The van der Waals surface area contributed by atoms with E-state index in [4.69, 9.17) is 4.74 Å². The van der Waals surface area contributed by atoms with Crippen molar-refractivity contribution in [1.82, 2.24) is 5.32 Å². The van der Waals surface area contributed by atoms with Gasteiger partial charge in [0.2, 0.25) is 0 Å². The van der Waals surface area contributed by atoms with Crippen molar-refractivity contribution in [3.63, 3.8) is 0 Å². The SMILES string of the molecule is CNC(=O)C(C)Oc1cc(F)ccc1C. The van der Waals surface area contributed by atoms with Crippen LogP contribution in [0, 0.1) is 12.7 Å². The van der Waals surface area contributed by atoms with Gasteiger partial charge in [0.05, 0.1) is 0 Å². The van der Waals surface area contributed by atoms with Crippen molar-refractivity contribution in [3.05, 3.63) is 29.6 Å². The number of amides is 1. The van der Waals surface area contributed by atoms with Gasteiger partial charge in [-0.15, -0.1) is 0 Å². The number of nitrogens with one attached hydrogen (secondary N) is 1. The topological polar surface area (TPSA) is 38.3 Å². The lowest BCUT2D eigenvalue weighted by Crippen LogP contribution is -2.33. The lowest BCUT2D eigenvalue weighted by atomic mass is 10.2. The van der Waals surface area contributed by atoms with E-state index in [0.717, 1.165) is 5.56 Å². The zero-order valence-electron chi connectivity index (χ0n) is 9.00. The molecule has 0 spiro atoms. The molecule has 1 amide bonds.